The first-order valence-corrected chi connectivity index (χ1v) is 9.68. The van der Waals surface area contributed by atoms with Crippen molar-refractivity contribution in [1.29, 1.82) is 0 Å². The van der Waals surface area contributed by atoms with Crippen LogP contribution in [0.2, 0.25) is 0 Å². The van der Waals surface area contributed by atoms with Crippen LogP contribution in [0, 0.1) is 5.41 Å². The Morgan fingerprint density at radius 3 is 2.81 bits per heavy atom. The Balaban J connectivity index is 1.51. The number of aromatic amines is 1. The van der Waals surface area contributed by atoms with Crippen molar-refractivity contribution >= 4 is 11.8 Å². The molecule has 0 unspecified atom stereocenters. The average molecular weight is 358 g/mol. The van der Waals surface area contributed by atoms with Crippen LogP contribution in [0.1, 0.15) is 67.5 Å². The third-order valence-corrected chi connectivity index (χ3v) is 6.09. The topological polar surface area (TPSA) is 86.4 Å². The molecule has 3 heterocycles. The second kappa shape index (κ2) is 6.52. The fourth-order valence-corrected chi connectivity index (χ4v) is 4.40. The lowest BCUT2D eigenvalue weighted by atomic mass is 9.73. The Morgan fingerprint density at radius 2 is 2.12 bits per heavy atom. The lowest BCUT2D eigenvalue weighted by Gasteiger charge is -2.48. The van der Waals surface area contributed by atoms with Gasteiger partial charge in [0.25, 0.3) is 11.5 Å². The zero-order valence-corrected chi connectivity index (χ0v) is 15.3. The van der Waals surface area contributed by atoms with Crippen LogP contribution in [0.4, 0.5) is 0 Å². The molecule has 1 spiro atoms. The highest BCUT2D eigenvalue weighted by molar-refractivity contribution is 5.93. The summed E-state index contributed by atoms with van der Waals surface area (Å²) < 4.78 is 0. The summed E-state index contributed by atoms with van der Waals surface area (Å²) in [4.78, 5) is 48.1. The van der Waals surface area contributed by atoms with Crippen LogP contribution in [-0.4, -0.2) is 57.8 Å². The van der Waals surface area contributed by atoms with Crippen LogP contribution in [0.5, 0.6) is 0 Å². The number of amides is 2. The number of carbonyl (C=O) groups is 2. The van der Waals surface area contributed by atoms with Crippen LogP contribution >= 0.6 is 0 Å². The van der Waals surface area contributed by atoms with Gasteiger partial charge < -0.3 is 14.8 Å². The molecule has 3 aliphatic rings. The lowest BCUT2D eigenvalue weighted by molar-refractivity contribution is -0.138. The Labute approximate surface area is 152 Å². The van der Waals surface area contributed by atoms with Gasteiger partial charge in [-0.2, -0.15) is 0 Å². The van der Waals surface area contributed by atoms with E-state index in [1.165, 1.54) is 6.20 Å². The van der Waals surface area contributed by atoms with Crippen LogP contribution in [-0.2, 0) is 4.79 Å². The number of carbonyl (C=O) groups excluding carboxylic acids is 2. The van der Waals surface area contributed by atoms with Crippen molar-refractivity contribution in [2.24, 2.45) is 5.41 Å². The first kappa shape index (κ1) is 17.2. The van der Waals surface area contributed by atoms with Crippen LogP contribution in [0.25, 0.3) is 0 Å². The monoisotopic (exact) mass is 358 g/mol. The van der Waals surface area contributed by atoms with Crippen LogP contribution in [0.3, 0.4) is 0 Å². The summed E-state index contributed by atoms with van der Waals surface area (Å²) >= 11 is 0. The highest BCUT2D eigenvalue weighted by Crippen LogP contribution is 2.39. The molecule has 2 saturated heterocycles. The normalized spacial score (nSPS) is 26.4. The van der Waals surface area contributed by atoms with E-state index in [0.29, 0.717) is 44.3 Å². The first-order valence-electron chi connectivity index (χ1n) is 9.68. The van der Waals surface area contributed by atoms with E-state index in [-0.39, 0.29) is 28.4 Å². The van der Waals surface area contributed by atoms with Gasteiger partial charge in [0.1, 0.15) is 11.4 Å². The molecule has 4 rings (SSSR count). The van der Waals surface area contributed by atoms with Gasteiger partial charge in [0.15, 0.2) is 0 Å². The predicted molar refractivity (Wildman–Crippen MR) is 95.9 cm³/mol. The zero-order chi connectivity index (χ0) is 18.3. The van der Waals surface area contributed by atoms with Crippen molar-refractivity contribution in [2.75, 3.05) is 26.2 Å². The van der Waals surface area contributed by atoms with E-state index in [4.69, 9.17) is 0 Å². The Hall–Kier alpha value is -2.18. The number of likely N-dealkylation sites (tertiary alicyclic amines) is 2. The predicted octanol–water partition coefficient (Wildman–Crippen LogP) is 1.51. The van der Waals surface area contributed by atoms with Crippen LogP contribution < -0.4 is 5.56 Å². The molecule has 0 radical (unpaired) electrons. The first-order chi connectivity index (χ1) is 12.5. The molecule has 140 valence electrons. The Bertz CT molecular complexity index is 785. The number of H-pyrrole nitrogens is 1. The fraction of sp³-hybridized carbons (Fsp3) is 0.684. The molecule has 0 bridgehead atoms. The molecule has 2 amide bonds. The summed E-state index contributed by atoms with van der Waals surface area (Å²) in [5.74, 6) is 1.02. The minimum Gasteiger partial charge on any atom is -0.342 e. The van der Waals surface area contributed by atoms with Crippen LogP contribution in [0.15, 0.2) is 11.0 Å². The van der Waals surface area contributed by atoms with Gasteiger partial charge in [0.05, 0.1) is 0 Å². The largest absolute Gasteiger partial charge is 0.342 e. The number of nitrogens with zero attached hydrogens (tertiary/aromatic N) is 3. The van der Waals surface area contributed by atoms with E-state index in [9.17, 15) is 14.4 Å². The molecule has 1 aromatic heterocycles. The molecule has 1 N–H and O–H groups in total. The minimum absolute atomic E-state index is 0.0357. The summed E-state index contributed by atoms with van der Waals surface area (Å²) in [6.07, 6.45) is 6.85. The third kappa shape index (κ3) is 3.15. The van der Waals surface area contributed by atoms with Gasteiger partial charge in [-0.1, -0.05) is 0 Å². The molecule has 3 fully saturated rings. The van der Waals surface area contributed by atoms with Gasteiger partial charge >= 0.3 is 0 Å². The van der Waals surface area contributed by atoms with Gasteiger partial charge in [-0.05, 0) is 39.0 Å². The second-order valence-electron chi connectivity index (χ2n) is 8.02. The third-order valence-electron chi connectivity index (χ3n) is 6.09. The molecule has 7 nitrogen and oxygen atoms in total. The zero-order valence-electron chi connectivity index (χ0n) is 15.3. The van der Waals surface area contributed by atoms with E-state index in [0.717, 1.165) is 32.1 Å². The quantitative estimate of drug-likeness (QED) is 0.887. The molecule has 2 aliphatic heterocycles. The number of nitrogens with one attached hydrogen (secondary N) is 1. The maximum Gasteiger partial charge on any atom is 0.263 e. The minimum atomic E-state index is -0.333. The summed E-state index contributed by atoms with van der Waals surface area (Å²) in [5, 5.41) is 0. The molecular formula is C19H26N4O3. The van der Waals surface area contributed by atoms with E-state index in [1.54, 1.807) is 4.90 Å². The van der Waals surface area contributed by atoms with Gasteiger partial charge in [0, 0.05) is 50.1 Å². The summed E-state index contributed by atoms with van der Waals surface area (Å²) in [6.45, 7) is 4.68. The van der Waals surface area contributed by atoms with E-state index < -0.39 is 0 Å². The van der Waals surface area contributed by atoms with E-state index >= 15 is 0 Å². The SMILES string of the molecule is CCN1C[C@@]2(CCCN(C(=O)c3cnc(C4CC4)[nH]c3=O)C2)CCC1=O. The summed E-state index contributed by atoms with van der Waals surface area (Å²) in [6, 6.07) is 0. The Morgan fingerprint density at radius 1 is 1.31 bits per heavy atom. The van der Waals surface area contributed by atoms with Gasteiger partial charge in [-0.3, -0.25) is 14.4 Å². The molecule has 0 aromatic carbocycles. The van der Waals surface area contributed by atoms with Gasteiger partial charge in [-0.15, -0.1) is 0 Å². The maximum atomic E-state index is 12.9. The van der Waals surface area contributed by atoms with Crippen molar-refractivity contribution in [3.05, 3.63) is 27.9 Å². The highest BCUT2D eigenvalue weighted by Gasteiger charge is 2.42. The summed E-state index contributed by atoms with van der Waals surface area (Å²) in [5.41, 5.74) is -0.238. The number of piperidine rings is 2. The number of rotatable bonds is 3. The molecule has 7 heteroatoms. The smallest absolute Gasteiger partial charge is 0.263 e. The molecule has 26 heavy (non-hydrogen) atoms. The van der Waals surface area contributed by atoms with Crippen molar-refractivity contribution in [3.8, 4) is 0 Å². The van der Waals surface area contributed by atoms with Crippen molar-refractivity contribution in [3.63, 3.8) is 0 Å². The standard InChI is InChI=1S/C19H26N4O3/c1-2-22-11-19(8-6-15(22)24)7-3-9-23(12-19)18(26)14-10-20-16(13-4-5-13)21-17(14)25/h10,13H,2-9,11-12H2,1H3,(H,20,21,25)/t19-/m1/s1. The molecule has 1 saturated carbocycles. The van der Waals surface area contributed by atoms with Crippen molar-refractivity contribution < 1.29 is 9.59 Å². The average Bonchev–Trinajstić information content (AvgIpc) is 3.49. The number of hydrogen-bond acceptors (Lipinski definition) is 4. The number of hydrogen-bond donors (Lipinski definition) is 1. The second-order valence-corrected chi connectivity index (χ2v) is 8.02. The fourth-order valence-electron chi connectivity index (χ4n) is 4.40. The molecule has 1 aromatic rings. The van der Waals surface area contributed by atoms with Crippen molar-refractivity contribution in [1.82, 2.24) is 19.8 Å². The molecule has 1 aliphatic carbocycles. The highest BCUT2D eigenvalue weighted by atomic mass is 16.2. The molecule has 1 atom stereocenters. The lowest BCUT2D eigenvalue weighted by Crippen LogP contribution is -2.55. The van der Waals surface area contributed by atoms with E-state index in [2.05, 4.69) is 9.97 Å². The number of aromatic nitrogens is 2. The van der Waals surface area contributed by atoms with E-state index in [1.807, 2.05) is 11.8 Å². The molecular weight excluding hydrogens is 332 g/mol. The van der Waals surface area contributed by atoms with Gasteiger partial charge in [0.2, 0.25) is 5.91 Å². The maximum absolute atomic E-state index is 12.9. The van der Waals surface area contributed by atoms with Gasteiger partial charge in [-0.25, -0.2) is 4.98 Å². The summed E-state index contributed by atoms with van der Waals surface area (Å²) in [7, 11) is 0. The Kier molecular flexibility index (Phi) is 4.32. The van der Waals surface area contributed by atoms with Crippen molar-refractivity contribution in [2.45, 2.75) is 51.4 Å².